The van der Waals surface area contributed by atoms with Crippen molar-refractivity contribution in [2.75, 3.05) is 30.3 Å². The van der Waals surface area contributed by atoms with Crippen LogP contribution in [0.4, 0.5) is 11.4 Å². The van der Waals surface area contributed by atoms with Crippen LogP contribution >= 0.6 is 15.9 Å². The summed E-state index contributed by atoms with van der Waals surface area (Å²) in [6.07, 6.45) is 1.09. The summed E-state index contributed by atoms with van der Waals surface area (Å²) in [4.78, 5) is 14.5. The van der Waals surface area contributed by atoms with Crippen molar-refractivity contribution in [2.45, 2.75) is 6.42 Å². The number of nitrogens with one attached hydrogen (secondary N) is 1. The fourth-order valence-corrected chi connectivity index (χ4v) is 3.31. The second-order valence-electron chi connectivity index (χ2n) is 5.92. The molecule has 1 fully saturated rings. The molecule has 0 spiro atoms. The standard InChI is InChI=1S/C18H20BrN3O/c19-15-4-2-6-17(10-15)22-8-7-13(12-22)11-21-18(23)14-3-1-5-16(20)9-14/h1-6,9-10,13H,7-8,11-12,20H2,(H,21,23). The van der Waals surface area contributed by atoms with Crippen LogP contribution in [0.3, 0.4) is 0 Å². The van der Waals surface area contributed by atoms with Gasteiger partial charge in [-0.3, -0.25) is 4.79 Å². The van der Waals surface area contributed by atoms with E-state index in [4.69, 9.17) is 5.73 Å². The minimum Gasteiger partial charge on any atom is -0.399 e. The third-order valence-corrected chi connectivity index (χ3v) is 4.65. The monoisotopic (exact) mass is 373 g/mol. The van der Waals surface area contributed by atoms with Gasteiger partial charge in [0.05, 0.1) is 0 Å². The Kier molecular flexibility index (Phi) is 4.86. The number of anilines is 2. The van der Waals surface area contributed by atoms with Gasteiger partial charge in [-0.05, 0) is 48.7 Å². The molecule has 0 aliphatic carbocycles. The lowest BCUT2D eigenvalue weighted by Gasteiger charge is -2.19. The smallest absolute Gasteiger partial charge is 0.251 e. The molecule has 1 unspecified atom stereocenters. The summed E-state index contributed by atoms with van der Waals surface area (Å²) in [5.74, 6) is 0.414. The molecule has 1 atom stereocenters. The molecule has 0 bridgehead atoms. The lowest BCUT2D eigenvalue weighted by Crippen LogP contribution is -2.31. The van der Waals surface area contributed by atoms with Crippen molar-refractivity contribution in [3.05, 3.63) is 58.6 Å². The number of hydrogen-bond acceptors (Lipinski definition) is 3. The van der Waals surface area contributed by atoms with Crippen LogP contribution < -0.4 is 16.0 Å². The predicted molar refractivity (Wildman–Crippen MR) is 97.6 cm³/mol. The van der Waals surface area contributed by atoms with E-state index in [-0.39, 0.29) is 5.91 Å². The average Bonchev–Trinajstić information content (AvgIpc) is 3.01. The van der Waals surface area contributed by atoms with Crippen LogP contribution in [0.1, 0.15) is 16.8 Å². The highest BCUT2D eigenvalue weighted by molar-refractivity contribution is 9.10. The first-order chi connectivity index (χ1) is 11.1. The molecule has 2 aromatic rings. The molecule has 0 radical (unpaired) electrons. The maximum atomic E-state index is 12.2. The van der Waals surface area contributed by atoms with Crippen molar-refractivity contribution in [1.82, 2.24) is 5.32 Å². The topological polar surface area (TPSA) is 58.4 Å². The molecule has 1 amide bonds. The number of nitrogen functional groups attached to an aromatic ring is 1. The molecule has 1 heterocycles. The number of benzene rings is 2. The van der Waals surface area contributed by atoms with Gasteiger partial charge >= 0.3 is 0 Å². The maximum absolute atomic E-state index is 12.2. The second kappa shape index (κ2) is 7.04. The summed E-state index contributed by atoms with van der Waals surface area (Å²) in [5, 5.41) is 3.02. The Bertz CT molecular complexity index is 704. The van der Waals surface area contributed by atoms with Crippen LogP contribution in [-0.2, 0) is 0 Å². The van der Waals surface area contributed by atoms with Gasteiger partial charge < -0.3 is 16.0 Å². The highest BCUT2D eigenvalue weighted by atomic mass is 79.9. The van der Waals surface area contributed by atoms with Crippen molar-refractivity contribution < 1.29 is 4.79 Å². The zero-order chi connectivity index (χ0) is 16.2. The molecule has 3 rings (SSSR count). The number of hydrogen-bond donors (Lipinski definition) is 2. The van der Waals surface area contributed by atoms with E-state index in [9.17, 15) is 4.79 Å². The number of nitrogens with zero attached hydrogens (tertiary/aromatic N) is 1. The average molecular weight is 374 g/mol. The summed E-state index contributed by atoms with van der Waals surface area (Å²) in [6.45, 7) is 2.68. The van der Waals surface area contributed by atoms with Crippen LogP contribution in [0.15, 0.2) is 53.0 Å². The van der Waals surface area contributed by atoms with Crippen molar-refractivity contribution in [3.8, 4) is 0 Å². The van der Waals surface area contributed by atoms with Gasteiger partial charge in [-0.25, -0.2) is 0 Å². The van der Waals surface area contributed by atoms with Crippen molar-refractivity contribution in [1.29, 1.82) is 0 Å². The lowest BCUT2D eigenvalue weighted by molar-refractivity contribution is 0.0948. The van der Waals surface area contributed by atoms with Gasteiger partial charge in [0.1, 0.15) is 0 Å². The minimum absolute atomic E-state index is 0.0572. The normalized spacial score (nSPS) is 17.3. The first-order valence-corrected chi connectivity index (χ1v) is 8.55. The Hall–Kier alpha value is -2.01. The largest absolute Gasteiger partial charge is 0.399 e. The van der Waals surface area contributed by atoms with Crippen LogP contribution in [0.2, 0.25) is 0 Å². The Morgan fingerprint density at radius 2 is 2.09 bits per heavy atom. The highest BCUT2D eigenvalue weighted by Gasteiger charge is 2.23. The molecule has 4 nitrogen and oxygen atoms in total. The minimum atomic E-state index is -0.0572. The Morgan fingerprint density at radius 1 is 1.26 bits per heavy atom. The van der Waals surface area contributed by atoms with Crippen LogP contribution in [0.5, 0.6) is 0 Å². The van der Waals surface area contributed by atoms with Crippen molar-refractivity contribution in [3.63, 3.8) is 0 Å². The molecule has 1 aliphatic rings. The van der Waals surface area contributed by atoms with E-state index in [1.807, 2.05) is 12.1 Å². The summed E-state index contributed by atoms with van der Waals surface area (Å²) < 4.78 is 1.09. The Morgan fingerprint density at radius 3 is 2.87 bits per heavy atom. The predicted octanol–water partition coefficient (Wildman–Crippen LogP) is 3.29. The third kappa shape index (κ3) is 4.05. The molecule has 3 N–H and O–H groups in total. The van der Waals surface area contributed by atoms with Gasteiger partial charge in [-0.2, -0.15) is 0 Å². The zero-order valence-corrected chi connectivity index (χ0v) is 14.4. The Labute approximate surface area is 144 Å². The van der Waals surface area contributed by atoms with Gasteiger partial charge in [0.25, 0.3) is 5.91 Å². The van der Waals surface area contributed by atoms with Gasteiger partial charge in [0, 0.05) is 41.0 Å². The Balaban J connectivity index is 1.53. The van der Waals surface area contributed by atoms with E-state index in [2.05, 4.69) is 38.3 Å². The van der Waals surface area contributed by atoms with E-state index in [1.54, 1.807) is 24.3 Å². The molecule has 2 aromatic carbocycles. The van der Waals surface area contributed by atoms with E-state index >= 15 is 0 Å². The highest BCUT2D eigenvalue weighted by Crippen LogP contribution is 2.26. The number of halogens is 1. The van der Waals surface area contributed by atoms with Gasteiger partial charge in [-0.15, -0.1) is 0 Å². The number of carbonyl (C=O) groups excluding carboxylic acids is 1. The molecular weight excluding hydrogens is 354 g/mol. The van der Waals surface area contributed by atoms with Gasteiger partial charge in [-0.1, -0.05) is 28.1 Å². The van der Waals surface area contributed by atoms with Crippen LogP contribution in [-0.4, -0.2) is 25.5 Å². The van der Waals surface area contributed by atoms with Crippen molar-refractivity contribution >= 4 is 33.2 Å². The first-order valence-electron chi connectivity index (χ1n) is 7.76. The SMILES string of the molecule is Nc1cccc(C(=O)NCC2CCN(c3cccc(Br)c3)C2)c1. The molecule has 23 heavy (non-hydrogen) atoms. The number of nitrogens with two attached hydrogens (primary N) is 1. The van der Waals surface area contributed by atoms with Crippen LogP contribution in [0.25, 0.3) is 0 Å². The fourth-order valence-electron chi connectivity index (χ4n) is 2.93. The molecule has 5 heteroatoms. The van der Waals surface area contributed by atoms with E-state index in [1.165, 1.54) is 5.69 Å². The fraction of sp³-hybridized carbons (Fsp3) is 0.278. The molecule has 1 saturated heterocycles. The third-order valence-electron chi connectivity index (χ3n) is 4.16. The van der Waals surface area contributed by atoms with Crippen molar-refractivity contribution in [2.24, 2.45) is 5.92 Å². The van der Waals surface area contributed by atoms with Crippen LogP contribution in [0, 0.1) is 5.92 Å². The molecule has 1 aliphatic heterocycles. The first kappa shape index (κ1) is 15.9. The van der Waals surface area contributed by atoms with Gasteiger partial charge in [0.2, 0.25) is 0 Å². The summed E-state index contributed by atoms with van der Waals surface area (Å²) in [5.41, 5.74) is 8.17. The van der Waals surface area contributed by atoms with E-state index in [0.717, 1.165) is 24.0 Å². The quantitative estimate of drug-likeness (QED) is 0.808. The van der Waals surface area contributed by atoms with Gasteiger partial charge in [0.15, 0.2) is 0 Å². The zero-order valence-electron chi connectivity index (χ0n) is 12.8. The summed E-state index contributed by atoms with van der Waals surface area (Å²) in [7, 11) is 0. The number of rotatable bonds is 4. The number of amides is 1. The lowest BCUT2D eigenvalue weighted by atomic mass is 10.1. The van der Waals surface area contributed by atoms with E-state index in [0.29, 0.717) is 23.7 Å². The second-order valence-corrected chi connectivity index (χ2v) is 6.83. The molecular formula is C18H20BrN3O. The summed E-state index contributed by atoms with van der Waals surface area (Å²) >= 11 is 3.51. The summed E-state index contributed by atoms with van der Waals surface area (Å²) in [6, 6.07) is 15.4. The van der Waals surface area contributed by atoms with E-state index < -0.39 is 0 Å². The maximum Gasteiger partial charge on any atom is 0.251 e. The molecule has 120 valence electrons. The number of carbonyl (C=O) groups is 1. The molecule has 0 saturated carbocycles. The molecule has 0 aromatic heterocycles.